The second kappa shape index (κ2) is 8.68. The van der Waals surface area contributed by atoms with Crippen molar-refractivity contribution in [1.29, 1.82) is 0 Å². The molecular weight excluding hydrogens is 336 g/mol. The SMILES string of the molecule is CCc1ccc(CC[C@@H]2CCC(C)(C)C(=NOC)[C@H]2Cn2cncn2)cc1. The molecule has 2 atom stereocenters. The smallest absolute Gasteiger partial charge is 0.137 e. The molecule has 0 aliphatic heterocycles. The molecule has 0 bridgehead atoms. The minimum Gasteiger partial charge on any atom is -0.399 e. The molecule has 0 spiro atoms. The van der Waals surface area contributed by atoms with Gasteiger partial charge in [-0.05, 0) is 49.1 Å². The van der Waals surface area contributed by atoms with Crippen LogP contribution in [0.1, 0.15) is 51.2 Å². The van der Waals surface area contributed by atoms with Crippen molar-refractivity contribution in [3.63, 3.8) is 0 Å². The first-order chi connectivity index (χ1) is 13.0. The summed E-state index contributed by atoms with van der Waals surface area (Å²) in [6, 6.07) is 9.07. The minimum atomic E-state index is 0.0561. The van der Waals surface area contributed by atoms with Gasteiger partial charge in [0.05, 0.1) is 12.3 Å². The van der Waals surface area contributed by atoms with Gasteiger partial charge in [0, 0.05) is 11.3 Å². The van der Waals surface area contributed by atoms with Crippen molar-refractivity contribution >= 4 is 5.71 Å². The van der Waals surface area contributed by atoms with Crippen LogP contribution in [0.4, 0.5) is 0 Å². The predicted octanol–water partition coefficient (Wildman–Crippen LogP) is 4.53. The highest BCUT2D eigenvalue weighted by molar-refractivity contribution is 5.92. The number of aromatic nitrogens is 3. The van der Waals surface area contributed by atoms with Gasteiger partial charge in [-0.1, -0.05) is 50.2 Å². The number of nitrogens with zero attached hydrogens (tertiary/aromatic N) is 4. The summed E-state index contributed by atoms with van der Waals surface area (Å²) < 4.78 is 1.93. The second-order valence-corrected chi connectivity index (χ2v) is 8.27. The van der Waals surface area contributed by atoms with Crippen molar-refractivity contribution in [1.82, 2.24) is 14.8 Å². The van der Waals surface area contributed by atoms with Gasteiger partial charge in [-0.15, -0.1) is 0 Å². The van der Waals surface area contributed by atoms with Gasteiger partial charge >= 0.3 is 0 Å². The lowest BCUT2D eigenvalue weighted by molar-refractivity contribution is 0.179. The van der Waals surface area contributed by atoms with E-state index in [1.54, 1.807) is 19.8 Å². The molecule has 5 heteroatoms. The molecule has 1 heterocycles. The fourth-order valence-electron chi connectivity index (χ4n) is 4.29. The lowest BCUT2D eigenvalue weighted by atomic mass is 9.64. The van der Waals surface area contributed by atoms with Crippen molar-refractivity contribution in [2.45, 2.75) is 59.4 Å². The Bertz CT molecular complexity index is 734. The van der Waals surface area contributed by atoms with Crippen molar-refractivity contribution in [2.75, 3.05) is 7.11 Å². The quantitative estimate of drug-likeness (QED) is 0.675. The van der Waals surface area contributed by atoms with Crippen molar-refractivity contribution < 1.29 is 4.84 Å². The molecule has 0 radical (unpaired) electrons. The molecule has 0 saturated heterocycles. The van der Waals surface area contributed by atoms with Crippen LogP contribution >= 0.6 is 0 Å². The van der Waals surface area contributed by atoms with Crippen LogP contribution in [0.3, 0.4) is 0 Å². The molecule has 0 amide bonds. The number of hydrogen-bond donors (Lipinski definition) is 0. The van der Waals surface area contributed by atoms with Crippen LogP contribution in [0.5, 0.6) is 0 Å². The Morgan fingerprint density at radius 2 is 1.96 bits per heavy atom. The standard InChI is InChI=1S/C22H32N4O/c1-5-17-6-8-18(9-7-17)10-11-19-12-13-22(2,3)21(25-27-4)20(19)14-26-16-23-15-24-26/h6-9,15-16,19-20H,5,10-14H2,1-4H3/t19-,20+/m1/s1. The van der Waals surface area contributed by atoms with E-state index in [1.165, 1.54) is 17.5 Å². The number of rotatable bonds is 7. The first-order valence-electron chi connectivity index (χ1n) is 10.0. The van der Waals surface area contributed by atoms with Gasteiger partial charge in [-0.25, -0.2) is 4.98 Å². The van der Waals surface area contributed by atoms with Crippen LogP contribution in [-0.2, 0) is 24.2 Å². The Kier molecular flexibility index (Phi) is 6.30. The molecule has 1 aromatic carbocycles. The Morgan fingerprint density at radius 1 is 1.22 bits per heavy atom. The molecule has 1 aliphatic rings. The first kappa shape index (κ1) is 19.6. The summed E-state index contributed by atoms with van der Waals surface area (Å²) >= 11 is 0. The Labute approximate surface area is 162 Å². The summed E-state index contributed by atoms with van der Waals surface area (Å²) in [5.41, 5.74) is 4.04. The molecule has 0 unspecified atom stereocenters. The molecule has 1 saturated carbocycles. The van der Waals surface area contributed by atoms with Gasteiger partial charge in [-0.2, -0.15) is 5.10 Å². The van der Waals surface area contributed by atoms with Crippen molar-refractivity contribution in [3.05, 3.63) is 48.0 Å². The maximum absolute atomic E-state index is 5.25. The molecule has 2 aromatic rings. The third-order valence-electron chi connectivity index (χ3n) is 6.03. The topological polar surface area (TPSA) is 52.3 Å². The van der Waals surface area contributed by atoms with E-state index in [-0.39, 0.29) is 5.41 Å². The normalized spacial score (nSPS) is 23.5. The maximum atomic E-state index is 5.25. The number of oxime groups is 1. The average molecular weight is 369 g/mol. The lowest BCUT2D eigenvalue weighted by Crippen LogP contribution is -2.43. The van der Waals surface area contributed by atoms with E-state index in [9.17, 15) is 0 Å². The first-order valence-corrected chi connectivity index (χ1v) is 10.0. The third kappa shape index (κ3) is 4.76. The fraction of sp³-hybridized carbons (Fsp3) is 0.591. The van der Waals surface area contributed by atoms with Crippen LogP contribution < -0.4 is 0 Å². The van der Waals surface area contributed by atoms with Gasteiger partial charge in [0.1, 0.15) is 19.8 Å². The third-order valence-corrected chi connectivity index (χ3v) is 6.03. The van der Waals surface area contributed by atoms with Gasteiger partial charge in [0.25, 0.3) is 0 Å². The zero-order chi connectivity index (χ0) is 19.3. The second-order valence-electron chi connectivity index (χ2n) is 8.27. The van der Waals surface area contributed by atoms with Crippen molar-refractivity contribution in [2.24, 2.45) is 22.4 Å². The predicted molar refractivity (Wildman–Crippen MR) is 109 cm³/mol. The van der Waals surface area contributed by atoms with E-state index < -0.39 is 0 Å². The number of aryl methyl sites for hydroxylation is 2. The molecule has 146 valence electrons. The molecule has 1 aliphatic carbocycles. The molecule has 1 fully saturated rings. The molecule has 1 aromatic heterocycles. The van der Waals surface area contributed by atoms with E-state index in [0.29, 0.717) is 11.8 Å². The number of benzene rings is 1. The molecule has 27 heavy (non-hydrogen) atoms. The Balaban J connectivity index is 1.77. The maximum Gasteiger partial charge on any atom is 0.137 e. The molecule has 5 nitrogen and oxygen atoms in total. The molecule has 0 N–H and O–H groups in total. The Morgan fingerprint density at radius 3 is 2.59 bits per heavy atom. The summed E-state index contributed by atoms with van der Waals surface area (Å²) in [5, 5.41) is 8.82. The average Bonchev–Trinajstić information content (AvgIpc) is 3.17. The monoisotopic (exact) mass is 368 g/mol. The highest BCUT2D eigenvalue weighted by atomic mass is 16.6. The molecule has 3 rings (SSSR count). The van der Waals surface area contributed by atoms with E-state index in [4.69, 9.17) is 4.84 Å². The molecular formula is C22H32N4O. The van der Waals surface area contributed by atoms with Crippen molar-refractivity contribution in [3.8, 4) is 0 Å². The number of hydrogen-bond acceptors (Lipinski definition) is 4. The Hall–Kier alpha value is -2.17. The highest BCUT2D eigenvalue weighted by Gasteiger charge is 2.41. The zero-order valence-electron chi connectivity index (χ0n) is 17.1. The van der Waals surface area contributed by atoms with E-state index in [1.807, 2.05) is 4.68 Å². The summed E-state index contributed by atoms with van der Waals surface area (Å²) in [6.45, 7) is 7.56. The zero-order valence-corrected chi connectivity index (χ0v) is 17.1. The lowest BCUT2D eigenvalue weighted by Gasteiger charge is -2.41. The van der Waals surface area contributed by atoms with Crippen LogP contribution in [0.2, 0.25) is 0 Å². The summed E-state index contributed by atoms with van der Waals surface area (Å²) in [7, 11) is 1.65. The highest BCUT2D eigenvalue weighted by Crippen LogP contribution is 2.42. The van der Waals surface area contributed by atoms with Crippen LogP contribution in [-0.4, -0.2) is 27.6 Å². The largest absolute Gasteiger partial charge is 0.399 e. The van der Waals surface area contributed by atoms with E-state index in [2.05, 4.69) is 60.3 Å². The minimum absolute atomic E-state index is 0.0561. The van der Waals surface area contributed by atoms with Gasteiger partial charge < -0.3 is 4.84 Å². The van der Waals surface area contributed by atoms with Crippen LogP contribution in [0, 0.1) is 17.3 Å². The van der Waals surface area contributed by atoms with E-state index >= 15 is 0 Å². The van der Waals surface area contributed by atoms with Gasteiger partial charge in [0.15, 0.2) is 0 Å². The van der Waals surface area contributed by atoms with Gasteiger partial charge in [0.2, 0.25) is 0 Å². The fourth-order valence-corrected chi connectivity index (χ4v) is 4.29. The van der Waals surface area contributed by atoms with Crippen LogP contribution in [0.25, 0.3) is 0 Å². The van der Waals surface area contributed by atoms with Gasteiger partial charge in [-0.3, -0.25) is 4.68 Å². The van der Waals surface area contributed by atoms with E-state index in [0.717, 1.165) is 37.9 Å². The van der Waals surface area contributed by atoms with Crippen LogP contribution in [0.15, 0.2) is 42.1 Å². The summed E-state index contributed by atoms with van der Waals surface area (Å²) in [5.74, 6) is 0.896. The summed E-state index contributed by atoms with van der Waals surface area (Å²) in [4.78, 5) is 9.36. The summed E-state index contributed by atoms with van der Waals surface area (Å²) in [6.07, 6.45) is 9.10.